The van der Waals surface area contributed by atoms with Crippen LogP contribution in [-0.4, -0.2) is 42.5 Å². The van der Waals surface area contributed by atoms with Crippen molar-refractivity contribution in [2.75, 3.05) is 13.7 Å². The Morgan fingerprint density at radius 1 is 1.39 bits per heavy atom. The van der Waals surface area contributed by atoms with E-state index >= 15 is 0 Å². The van der Waals surface area contributed by atoms with Crippen LogP contribution in [0.15, 0.2) is 18.2 Å². The monoisotopic (exact) mass is 344 g/mol. The van der Waals surface area contributed by atoms with Crippen LogP contribution in [0.3, 0.4) is 0 Å². The Hall–Kier alpha value is -2.68. The summed E-state index contributed by atoms with van der Waals surface area (Å²) in [5.41, 5.74) is -0.476. The molecule has 10 heteroatoms. The van der Waals surface area contributed by atoms with Crippen LogP contribution in [-0.2, 0) is 19.1 Å². The van der Waals surface area contributed by atoms with Gasteiger partial charge in [0.05, 0.1) is 12.0 Å². The van der Waals surface area contributed by atoms with Crippen molar-refractivity contribution >= 4 is 35.1 Å². The number of ether oxygens (including phenoxy) is 2. The van der Waals surface area contributed by atoms with E-state index in [2.05, 4.69) is 10.1 Å². The van der Waals surface area contributed by atoms with Crippen LogP contribution in [0.1, 0.15) is 17.3 Å². The molecule has 0 heterocycles. The lowest BCUT2D eigenvalue weighted by molar-refractivity contribution is -0.384. The van der Waals surface area contributed by atoms with Crippen LogP contribution < -0.4 is 5.32 Å². The number of methoxy groups -OCH3 is 1. The molecule has 1 aromatic rings. The molecule has 0 bridgehead atoms. The van der Waals surface area contributed by atoms with Gasteiger partial charge in [-0.05, 0) is 19.1 Å². The van der Waals surface area contributed by atoms with E-state index in [0.717, 1.165) is 13.2 Å². The first-order chi connectivity index (χ1) is 10.8. The van der Waals surface area contributed by atoms with Gasteiger partial charge < -0.3 is 14.8 Å². The molecule has 1 N–H and O–H groups in total. The van der Waals surface area contributed by atoms with Gasteiger partial charge in [-0.1, -0.05) is 11.6 Å². The minimum Gasteiger partial charge on any atom is -0.466 e. The van der Waals surface area contributed by atoms with Gasteiger partial charge in [-0.3, -0.25) is 19.7 Å². The highest BCUT2D eigenvalue weighted by Crippen LogP contribution is 2.24. The summed E-state index contributed by atoms with van der Waals surface area (Å²) in [7, 11) is 1.14. The molecule has 0 spiro atoms. The molecule has 0 aliphatic carbocycles. The summed E-state index contributed by atoms with van der Waals surface area (Å²) in [6, 6.07) is 3.46. The first-order valence-corrected chi connectivity index (χ1v) is 6.63. The molecular formula is C13H13ClN2O7. The third kappa shape index (κ3) is 5.22. The van der Waals surface area contributed by atoms with Crippen LogP contribution in [0.4, 0.5) is 5.69 Å². The standard InChI is InChI=1S/C13H13ClN2O7/c1-7(13(19)22-2)23-11(17)6-15-12(18)8-3-4-9(14)10(5-8)16(20)21/h3-5,7H,6H2,1-2H3,(H,15,18). The molecule has 0 aliphatic heterocycles. The van der Waals surface area contributed by atoms with Gasteiger partial charge in [0.15, 0.2) is 6.10 Å². The normalized spacial score (nSPS) is 11.3. The number of carbonyl (C=O) groups is 3. The summed E-state index contributed by atoms with van der Waals surface area (Å²) in [6.07, 6.45) is -1.11. The van der Waals surface area contributed by atoms with Crippen molar-refractivity contribution in [1.29, 1.82) is 0 Å². The summed E-state index contributed by atoms with van der Waals surface area (Å²) in [6.45, 7) is 0.796. The van der Waals surface area contributed by atoms with Crippen molar-refractivity contribution in [3.8, 4) is 0 Å². The Balaban J connectivity index is 2.64. The second-order valence-corrected chi connectivity index (χ2v) is 4.67. The lowest BCUT2D eigenvalue weighted by atomic mass is 10.2. The number of hydrogen-bond donors (Lipinski definition) is 1. The zero-order valence-corrected chi connectivity index (χ0v) is 13.0. The first kappa shape index (κ1) is 18.4. The number of rotatable bonds is 6. The fraction of sp³-hybridized carbons (Fsp3) is 0.308. The number of hydrogen-bond acceptors (Lipinski definition) is 7. The van der Waals surface area contributed by atoms with Crippen LogP contribution >= 0.6 is 11.6 Å². The van der Waals surface area contributed by atoms with Gasteiger partial charge in [0.1, 0.15) is 11.6 Å². The maximum Gasteiger partial charge on any atom is 0.346 e. The van der Waals surface area contributed by atoms with Crippen LogP contribution in [0.25, 0.3) is 0 Å². The molecule has 0 saturated heterocycles. The van der Waals surface area contributed by atoms with E-state index < -0.39 is 41.1 Å². The average molecular weight is 345 g/mol. The van der Waals surface area contributed by atoms with E-state index in [1.165, 1.54) is 19.1 Å². The van der Waals surface area contributed by atoms with E-state index in [4.69, 9.17) is 16.3 Å². The molecule has 0 saturated carbocycles. The molecule has 1 rings (SSSR count). The van der Waals surface area contributed by atoms with Crippen LogP contribution in [0, 0.1) is 10.1 Å². The number of nitrogens with one attached hydrogen (secondary N) is 1. The highest BCUT2D eigenvalue weighted by atomic mass is 35.5. The first-order valence-electron chi connectivity index (χ1n) is 6.25. The molecular weight excluding hydrogens is 332 g/mol. The third-order valence-corrected chi connectivity index (χ3v) is 2.96. The lowest BCUT2D eigenvalue weighted by Crippen LogP contribution is -2.34. The summed E-state index contributed by atoms with van der Waals surface area (Å²) in [4.78, 5) is 44.4. The number of halogens is 1. The number of esters is 2. The molecule has 9 nitrogen and oxygen atoms in total. The third-order valence-electron chi connectivity index (χ3n) is 2.64. The van der Waals surface area contributed by atoms with Crippen molar-refractivity contribution in [3.05, 3.63) is 38.9 Å². The summed E-state index contributed by atoms with van der Waals surface area (Å²) >= 11 is 5.63. The highest BCUT2D eigenvalue weighted by Gasteiger charge is 2.20. The second kappa shape index (κ2) is 8.08. The maximum atomic E-state index is 11.8. The van der Waals surface area contributed by atoms with E-state index in [0.29, 0.717) is 0 Å². The SMILES string of the molecule is COC(=O)C(C)OC(=O)CNC(=O)c1ccc(Cl)c([N+](=O)[O-])c1. The van der Waals surface area contributed by atoms with Crippen molar-refractivity contribution in [3.63, 3.8) is 0 Å². The van der Waals surface area contributed by atoms with Crippen molar-refractivity contribution in [2.45, 2.75) is 13.0 Å². The minimum atomic E-state index is -1.11. The molecule has 1 aromatic carbocycles. The Labute approximate surface area is 135 Å². The smallest absolute Gasteiger partial charge is 0.346 e. The summed E-state index contributed by atoms with van der Waals surface area (Å²) < 4.78 is 9.09. The molecule has 23 heavy (non-hydrogen) atoms. The number of amides is 1. The van der Waals surface area contributed by atoms with Gasteiger partial charge in [-0.15, -0.1) is 0 Å². The van der Waals surface area contributed by atoms with Crippen LogP contribution in [0.5, 0.6) is 0 Å². The predicted octanol–water partition coefficient (Wildman–Crippen LogP) is 1.08. The zero-order chi connectivity index (χ0) is 17.6. The molecule has 1 amide bonds. The molecule has 0 radical (unpaired) electrons. The van der Waals surface area contributed by atoms with E-state index in [1.807, 2.05) is 0 Å². The quantitative estimate of drug-likeness (QED) is 0.465. The molecule has 0 fully saturated rings. The summed E-state index contributed by atoms with van der Waals surface area (Å²) in [5, 5.41) is 12.9. The number of nitrogens with zero attached hydrogens (tertiary/aromatic N) is 1. The average Bonchev–Trinajstić information content (AvgIpc) is 2.51. The summed E-state index contributed by atoms with van der Waals surface area (Å²) in [5.74, 6) is -2.33. The molecule has 124 valence electrons. The zero-order valence-electron chi connectivity index (χ0n) is 12.2. The molecule has 1 atom stereocenters. The van der Waals surface area contributed by atoms with E-state index in [1.54, 1.807) is 0 Å². The number of benzene rings is 1. The van der Waals surface area contributed by atoms with Crippen LogP contribution in [0.2, 0.25) is 5.02 Å². The van der Waals surface area contributed by atoms with E-state index in [9.17, 15) is 24.5 Å². The topological polar surface area (TPSA) is 125 Å². The maximum absolute atomic E-state index is 11.8. The van der Waals surface area contributed by atoms with Crippen molar-refractivity contribution < 1.29 is 28.8 Å². The largest absolute Gasteiger partial charge is 0.466 e. The highest BCUT2D eigenvalue weighted by molar-refractivity contribution is 6.32. The Kier molecular flexibility index (Phi) is 6.46. The Morgan fingerprint density at radius 2 is 2.04 bits per heavy atom. The minimum absolute atomic E-state index is 0.0464. The van der Waals surface area contributed by atoms with Gasteiger partial charge >= 0.3 is 11.9 Å². The van der Waals surface area contributed by atoms with E-state index in [-0.39, 0.29) is 10.6 Å². The van der Waals surface area contributed by atoms with Gasteiger partial charge in [-0.2, -0.15) is 0 Å². The molecule has 0 aliphatic rings. The predicted molar refractivity (Wildman–Crippen MR) is 78.0 cm³/mol. The fourth-order valence-corrected chi connectivity index (χ4v) is 1.69. The Morgan fingerprint density at radius 3 is 2.61 bits per heavy atom. The van der Waals surface area contributed by atoms with Gasteiger partial charge in [0.2, 0.25) is 0 Å². The van der Waals surface area contributed by atoms with Gasteiger partial charge in [-0.25, -0.2) is 4.79 Å². The second-order valence-electron chi connectivity index (χ2n) is 4.26. The fourth-order valence-electron chi connectivity index (χ4n) is 1.50. The Bertz CT molecular complexity index is 647. The number of nitro benzene ring substituents is 1. The molecule has 1 unspecified atom stereocenters. The lowest BCUT2D eigenvalue weighted by Gasteiger charge is -2.11. The van der Waals surface area contributed by atoms with Gasteiger partial charge in [0, 0.05) is 11.6 Å². The number of carbonyl (C=O) groups excluding carboxylic acids is 3. The van der Waals surface area contributed by atoms with Crippen molar-refractivity contribution in [1.82, 2.24) is 5.32 Å². The number of nitro groups is 1. The molecule has 0 aromatic heterocycles. The van der Waals surface area contributed by atoms with Crippen molar-refractivity contribution in [2.24, 2.45) is 0 Å². The van der Waals surface area contributed by atoms with Gasteiger partial charge in [0.25, 0.3) is 11.6 Å².